The third-order valence-corrected chi connectivity index (χ3v) is 1.94. The van der Waals surface area contributed by atoms with Gasteiger partial charge in [0.2, 0.25) is 0 Å². The maximum absolute atomic E-state index is 11.4. The van der Waals surface area contributed by atoms with E-state index in [9.17, 15) is 4.79 Å². The van der Waals surface area contributed by atoms with Crippen molar-refractivity contribution in [3.05, 3.63) is 23.2 Å². The predicted octanol–water partition coefficient (Wildman–Crippen LogP) is 1.96. The second-order valence-corrected chi connectivity index (χ2v) is 4.22. The Labute approximate surface area is 105 Å². The van der Waals surface area contributed by atoms with Gasteiger partial charge in [-0.25, -0.2) is 14.8 Å². The minimum absolute atomic E-state index is 0.137. The van der Waals surface area contributed by atoms with Crippen LogP contribution in [0.4, 0.5) is 0 Å². The van der Waals surface area contributed by atoms with Crippen molar-refractivity contribution in [2.75, 3.05) is 19.8 Å². The van der Waals surface area contributed by atoms with Gasteiger partial charge in [-0.3, -0.25) is 0 Å². The monoisotopic (exact) mass is 258 g/mol. The molecule has 0 radical (unpaired) electrons. The fourth-order valence-electron chi connectivity index (χ4n) is 1.00. The molecular formula is C11H15ClN2O3. The molecule has 6 heteroatoms. The SMILES string of the molecule is CC(C)COCCOC(=O)c1cnc(Cl)cn1. The molecule has 0 fully saturated rings. The van der Waals surface area contributed by atoms with Crippen molar-refractivity contribution < 1.29 is 14.3 Å². The molecule has 0 saturated carbocycles. The molecular weight excluding hydrogens is 244 g/mol. The van der Waals surface area contributed by atoms with Crippen LogP contribution in [-0.4, -0.2) is 35.8 Å². The zero-order valence-corrected chi connectivity index (χ0v) is 10.6. The number of nitrogens with zero attached hydrogens (tertiary/aromatic N) is 2. The van der Waals surface area contributed by atoms with Crippen molar-refractivity contribution in [2.24, 2.45) is 5.92 Å². The minimum Gasteiger partial charge on any atom is -0.458 e. The summed E-state index contributed by atoms with van der Waals surface area (Å²) < 4.78 is 10.2. The van der Waals surface area contributed by atoms with Crippen molar-refractivity contribution in [3.8, 4) is 0 Å². The number of ether oxygens (including phenoxy) is 2. The Balaban J connectivity index is 2.23. The molecule has 94 valence electrons. The average molecular weight is 259 g/mol. The van der Waals surface area contributed by atoms with Gasteiger partial charge in [0.25, 0.3) is 0 Å². The number of hydrogen-bond donors (Lipinski definition) is 0. The van der Waals surface area contributed by atoms with E-state index in [1.807, 2.05) is 0 Å². The Morgan fingerprint density at radius 3 is 2.71 bits per heavy atom. The highest BCUT2D eigenvalue weighted by Crippen LogP contribution is 2.02. The summed E-state index contributed by atoms with van der Waals surface area (Å²) in [5.74, 6) is -0.0600. The largest absolute Gasteiger partial charge is 0.458 e. The van der Waals surface area contributed by atoms with E-state index in [-0.39, 0.29) is 17.5 Å². The molecule has 0 bridgehead atoms. The Hall–Kier alpha value is -1.20. The zero-order chi connectivity index (χ0) is 12.7. The van der Waals surface area contributed by atoms with E-state index in [1.54, 1.807) is 0 Å². The van der Waals surface area contributed by atoms with E-state index in [0.717, 1.165) is 0 Å². The van der Waals surface area contributed by atoms with Crippen LogP contribution in [0.5, 0.6) is 0 Å². The lowest BCUT2D eigenvalue weighted by Gasteiger charge is -2.07. The molecule has 0 spiro atoms. The maximum Gasteiger partial charge on any atom is 0.358 e. The summed E-state index contributed by atoms with van der Waals surface area (Å²) in [7, 11) is 0. The van der Waals surface area contributed by atoms with Crippen molar-refractivity contribution in [3.63, 3.8) is 0 Å². The predicted molar refractivity (Wildman–Crippen MR) is 63.0 cm³/mol. The molecule has 0 N–H and O–H groups in total. The molecule has 1 aromatic heterocycles. The minimum atomic E-state index is -0.526. The van der Waals surface area contributed by atoms with Gasteiger partial charge in [0.05, 0.1) is 19.0 Å². The molecule has 0 atom stereocenters. The second-order valence-electron chi connectivity index (χ2n) is 3.83. The summed E-state index contributed by atoms with van der Waals surface area (Å²) in [4.78, 5) is 19.0. The number of carbonyl (C=O) groups excluding carboxylic acids is 1. The third kappa shape index (κ3) is 5.60. The van der Waals surface area contributed by atoms with Gasteiger partial charge >= 0.3 is 5.97 Å². The molecule has 1 aromatic rings. The van der Waals surface area contributed by atoms with Gasteiger partial charge in [0.1, 0.15) is 11.8 Å². The topological polar surface area (TPSA) is 61.3 Å². The first-order valence-electron chi connectivity index (χ1n) is 5.32. The van der Waals surface area contributed by atoms with Crippen molar-refractivity contribution in [2.45, 2.75) is 13.8 Å². The van der Waals surface area contributed by atoms with Crippen LogP contribution in [0, 0.1) is 5.92 Å². The van der Waals surface area contributed by atoms with Crippen LogP contribution < -0.4 is 0 Å². The van der Waals surface area contributed by atoms with E-state index < -0.39 is 5.97 Å². The molecule has 17 heavy (non-hydrogen) atoms. The van der Waals surface area contributed by atoms with E-state index in [1.165, 1.54) is 12.4 Å². The number of halogens is 1. The smallest absolute Gasteiger partial charge is 0.358 e. The molecule has 0 unspecified atom stereocenters. The first-order chi connectivity index (χ1) is 8.09. The van der Waals surface area contributed by atoms with Crippen LogP contribution in [0.15, 0.2) is 12.4 Å². The third-order valence-electron chi connectivity index (χ3n) is 1.74. The van der Waals surface area contributed by atoms with Crippen LogP contribution in [-0.2, 0) is 9.47 Å². The molecule has 1 rings (SSSR count). The molecule has 0 aliphatic carbocycles. The van der Waals surface area contributed by atoms with Crippen LogP contribution >= 0.6 is 11.6 Å². The lowest BCUT2D eigenvalue weighted by Crippen LogP contribution is -2.13. The highest BCUT2D eigenvalue weighted by atomic mass is 35.5. The van der Waals surface area contributed by atoms with Crippen molar-refractivity contribution in [1.82, 2.24) is 9.97 Å². The number of aromatic nitrogens is 2. The van der Waals surface area contributed by atoms with Crippen LogP contribution in [0.1, 0.15) is 24.3 Å². The normalized spacial score (nSPS) is 10.6. The van der Waals surface area contributed by atoms with Gasteiger partial charge in [-0.1, -0.05) is 25.4 Å². The summed E-state index contributed by atoms with van der Waals surface area (Å²) in [5, 5.41) is 0.238. The van der Waals surface area contributed by atoms with E-state index >= 15 is 0 Å². The van der Waals surface area contributed by atoms with Crippen LogP contribution in [0.25, 0.3) is 0 Å². The second kappa shape index (κ2) is 7.19. The first-order valence-corrected chi connectivity index (χ1v) is 5.70. The quantitative estimate of drug-likeness (QED) is 0.577. The fraction of sp³-hybridized carbons (Fsp3) is 0.545. The van der Waals surface area contributed by atoms with Gasteiger partial charge in [-0.15, -0.1) is 0 Å². The van der Waals surface area contributed by atoms with E-state index in [0.29, 0.717) is 19.1 Å². The first kappa shape index (κ1) is 13.9. The highest BCUT2D eigenvalue weighted by Gasteiger charge is 2.08. The fourth-order valence-corrected chi connectivity index (χ4v) is 1.10. The Bertz CT molecular complexity index is 354. The summed E-state index contributed by atoms with van der Waals surface area (Å²) >= 11 is 5.55. The number of esters is 1. The average Bonchev–Trinajstić information content (AvgIpc) is 2.29. The molecule has 0 aliphatic rings. The standard InChI is InChI=1S/C11H15ClN2O3/c1-8(2)7-16-3-4-17-11(15)9-5-14-10(12)6-13-9/h5-6,8H,3-4,7H2,1-2H3. The van der Waals surface area contributed by atoms with Crippen LogP contribution in [0.2, 0.25) is 5.15 Å². The number of carbonyl (C=O) groups is 1. The number of hydrogen-bond acceptors (Lipinski definition) is 5. The summed E-state index contributed by atoms with van der Waals surface area (Å²) in [6.45, 7) is 5.34. The lowest BCUT2D eigenvalue weighted by molar-refractivity contribution is 0.0272. The van der Waals surface area contributed by atoms with Crippen molar-refractivity contribution >= 4 is 17.6 Å². The number of rotatable bonds is 6. The van der Waals surface area contributed by atoms with Gasteiger partial charge in [0, 0.05) is 6.61 Å². The molecule has 1 heterocycles. The van der Waals surface area contributed by atoms with Gasteiger partial charge < -0.3 is 9.47 Å². The van der Waals surface area contributed by atoms with Crippen LogP contribution in [0.3, 0.4) is 0 Å². The summed E-state index contributed by atoms with van der Waals surface area (Å²) in [5.41, 5.74) is 0.137. The Morgan fingerprint density at radius 2 is 2.12 bits per heavy atom. The van der Waals surface area contributed by atoms with E-state index in [4.69, 9.17) is 21.1 Å². The molecule has 5 nitrogen and oxygen atoms in total. The highest BCUT2D eigenvalue weighted by molar-refractivity contribution is 6.29. The van der Waals surface area contributed by atoms with Gasteiger partial charge in [0.15, 0.2) is 5.69 Å². The zero-order valence-electron chi connectivity index (χ0n) is 9.85. The van der Waals surface area contributed by atoms with E-state index in [2.05, 4.69) is 23.8 Å². The molecule has 0 aliphatic heterocycles. The summed E-state index contributed by atoms with van der Waals surface area (Å²) in [6, 6.07) is 0. The van der Waals surface area contributed by atoms with Gasteiger partial charge in [-0.05, 0) is 5.92 Å². The lowest BCUT2D eigenvalue weighted by atomic mass is 10.2. The van der Waals surface area contributed by atoms with Gasteiger partial charge in [-0.2, -0.15) is 0 Å². The molecule has 0 saturated heterocycles. The molecule has 0 amide bonds. The Kier molecular flexibility index (Phi) is 5.86. The Morgan fingerprint density at radius 1 is 1.35 bits per heavy atom. The van der Waals surface area contributed by atoms with Crippen molar-refractivity contribution in [1.29, 1.82) is 0 Å². The molecule has 0 aromatic carbocycles. The summed E-state index contributed by atoms with van der Waals surface area (Å²) in [6.07, 6.45) is 2.58. The maximum atomic E-state index is 11.4.